The van der Waals surface area contributed by atoms with Gasteiger partial charge in [0.25, 0.3) is 0 Å². The number of benzene rings is 1. The highest BCUT2D eigenvalue weighted by Gasteiger charge is 2.17. The number of aryl methyl sites for hydroxylation is 2. The van der Waals surface area contributed by atoms with Gasteiger partial charge in [-0.05, 0) is 43.0 Å². The van der Waals surface area contributed by atoms with Gasteiger partial charge in [-0.1, -0.05) is 19.0 Å². The number of carbonyl (C=O) groups excluding carboxylic acids is 1. The van der Waals surface area contributed by atoms with Crippen LogP contribution in [0, 0.1) is 18.7 Å². The Morgan fingerprint density at radius 1 is 1.40 bits per heavy atom. The van der Waals surface area contributed by atoms with E-state index in [9.17, 15) is 9.18 Å². The Morgan fingerprint density at radius 2 is 2.16 bits per heavy atom. The van der Waals surface area contributed by atoms with Gasteiger partial charge in [0.1, 0.15) is 5.82 Å². The van der Waals surface area contributed by atoms with Crippen molar-refractivity contribution in [3.05, 3.63) is 35.5 Å². The maximum atomic E-state index is 13.3. The van der Waals surface area contributed by atoms with Gasteiger partial charge in [0.05, 0.1) is 0 Å². The number of nitrogens with zero attached hydrogens (tertiary/aromatic N) is 2. The Balaban J connectivity index is 1.92. The van der Waals surface area contributed by atoms with E-state index < -0.39 is 0 Å². The van der Waals surface area contributed by atoms with Gasteiger partial charge in [0, 0.05) is 31.1 Å². The van der Waals surface area contributed by atoms with Crippen LogP contribution in [0.3, 0.4) is 0 Å². The van der Waals surface area contributed by atoms with Crippen LogP contribution in [0.25, 0.3) is 11.4 Å². The third-order valence-corrected chi connectivity index (χ3v) is 4.04. The van der Waals surface area contributed by atoms with Crippen molar-refractivity contribution in [3.63, 3.8) is 0 Å². The number of hydrogen-bond acceptors (Lipinski definition) is 5. The topological polar surface area (TPSA) is 88.2 Å². The van der Waals surface area contributed by atoms with Crippen molar-refractivity contribution >= 4 is 5.91 Å². The van der Waals surface area contributed by atoms with E-state index in [-0.39, 0.29) is 36.7 Å². The summed E-state index contributed by atoms with van der Waals surface area (Å²) >= 11 is 0. The molecule has 2 aromatic rings. The van der Waals surface area contributed by atoms with Crippen LogP contribution in [0.4, 0.5) is 4.39 Å². The van der Waals surface area contributed by atoms with Crippen molar-refractivity contribution in [1.29, 1.82) is 0 Å². The maximum Gasteiger partial charge on any atom is 0.227 e. The summed E-state index contributed by atoms with van der Waals surface area (Å²) in [5.41, 5.74) is 1.17. The standard InChI is InChI=1S/C18H24FN3O3/c1-11(2)15(8-9-23)20-16(24)6-7-17-21-18(22-25-17)13-4-5-14(19)12(3)10-13/h4-5,10-11,15,23H,6-9H2,1-3H3,(H,20,24). The molecule has 0 radical (unpaired) electrons. The van der Waals surface area contributed by atoms with Crippen LogP contribution in [0.2, 0.25) is 0 Å². The first-order chi connectivity index (χ1) is 11.9. The second-order valence-electron chi connectivity index (χ2n) is 6.41. The van der Waals surface area contributed by atoms with Crippen molar-refractivity contribution in [2.24, 2.45) is 5.92 Å². The van der Waals surface area contributed by atoms with Gasteiger partial charge in [-0.15, -0.1) is 0 Å². The number of nitrogens with one attached hydrogen (secondary N) is 1. The van der Waals surface area contributed by atoms with E-state index >= 15 is 0 Å². The molecule has 1 aromatic heterocycles. The van der Waals surface area contributed by atoms with Crippen LogP contribution in [0.5, 0.6) is 0 Å². The monoisotopic (exact) mass is 349 g/mol. The molecule has 1 unspecified atom stereocenters. The van der Waals surface area contributed by atoms with E-state index in [0.29, 0.717) is 35.7 Å². The molecule has 136 valence electrons. The van der Waals surface area contributed by atoms with E-state index in [1.165, 1.54) is 6.07 Å². The summed E-state index contributed by atoms with van der Waals surface area (Å²) < 4.78 is 18.5. The van der Waals surface area contributed by atoms with E-state index in [1.807, 2.05) is 13.8 Å². The lowest BCUT2D eigenvalue weighted by Gasteiger charge is -2.21. The van der Waals surface area contributed by atoms with Crippen molar-refractivity contribution in [1.82, 2.24) is 15.5 Å². The number of hydrogen-bond donors (Lipinski definition) is 2. The van der Waals surface area contributed by atoms with Gasteiger partial charge in [-0.2, -0.15) is 4.98 Å². The minimum atomic E-state index is -0.285. The molecule has 1 aromatic carbocycles. The number of aliphatic hydroxyl groups is 1. The third kappa shape index (κ3) is 5.35. The summed E-state index contributed by atoms with van der Waals surface area (Å²) in [6, 6.07) is 4.55. The molecule has 0 saturated carbocycles. The molecule has 7 heteroatoms. The van der Waals surface area contributed by atoms with Gasteiger partial charge in [-0.25, -0.2) is 4.39 Å². The van der Waals surface area contributed by atoms with Crippen molar-refractivity contribution in [2.45, 2.75) is 46.1 Å². The Kier molecular flexibility index (Phi) is 6.64. The number of halogens is 1. The smallest absolute Gasteiger partial charge is 0.227 e. The fourth-order valence-electron chi connectivity index (χ4n) is 2.47. The maximum absolute atomic E-state index is 13.3. The molecule has 0 saturated heterocycles. The molecule has 1 heterocycles. The van der Waals surface area contributed by atoms with E-state index in [0.717, 1.165) is 0 Å². The van der Waals surface area contributed by atoms with Crippen molar-refractivity contribution < 1.29 is 18.8 Å². The zero-order valence-electron chi connectivity index (χ0n) is 14.8. The molecule has 6 nitrogen and oxygen atoms in total. The zero-order chi connectivity index (χ0) is 18.4. The Bertz CT molecular complexity index is 715. The highest BCUT2D eigenvalue weighted by atomic mass is 19.1. The summed E-state index contributed by atoms with van der Waals surface area (Å²) in [5, 5.41) is 15.8. The van der Waals surface area contributed by atoms with E-state index in [2.05, 4.69) is 15.5 Å². The molecule has 0 fully saturated rings. The normalized spacial score (nSPS) is 12.4. The predicted octanol–water partition coefficient (Wildman–Crippen LogP) is 2.64. The highest BCUT2D eigenvalue weighted by Crippen LogP contribution is 2.19. The SMILES string of the molecule is Cc1cc(-c2noc(CCC(=O)NC(CCO)C(C)C)n2)ccc1F. The van der Waals surface area contributed by atoms with Crippen molar-refractivity contribution in [3.8, 4) is 11.4 Å². The number of amides is 1. The first kappa shape index (κ1) is 19.1. The molecule has 1 amide bonds. The third-order valence-electron chi connectivity index (χ3n) is 4.04. The molecule has 0 aliphatic carbocycles. The van der Waals surface area contributed by atoms with Gasteiger partial charge in [0.15, 0.2) is 0 Å². The fraction of sp³-hybridized carbons (Fsp3) is 0.500. The highest BCUT2D eigenvalue weighted by molar-refractivity contribution is 5.76. The molecular formula is C18H24FN3O3. The lowest BCUT2D eigenvalue weighted by Crippen LogP contribution is -2.39. The summed E-state index contributed by atoms with van der Waals surface area (Å²) in [6.07, 6.45) is 1.07. The van der Waals surface area contributed by atoms with E-state index in [1.54, 1.807) is 19.1 Å². The first-order valence-electron chi connectivity index (χ1n) is 8.40. The molecular weight excluding hydrogens is 325 g/mol. The summed E-state index contributed by atoms with van der Waals surface area (Å²) in [7, 11) is 0. The van der Waals surface area contributed by atoms with Crippen LogP contribution >= 0.6 is 0 Å². The molecule has 2 N–H and O–H groups in total. The Morgan fingerprint density at radius 3 is 2.80 bits per heavy atom. The average Bonchev–Trinajstić information content (AvgIpc) is 3.04. The fourth-order valence-corrected chi connectivity index (χ4v) is 2.47. The van der Waals surface area contributed by atoms with Gasteiger partial charge in [0.2, 0.25) is 17.6 Å². The average molecular weight is 349 g/mol. The quantitative estimate of drug-likeness (QED) is 0.765. The van der Waals surface area contributed by atoms with Crippen LogP contribution in [0.15, 0.2) is 22.7 Å². The number of rotatable bonds is 8. The number of aromatic nitrogens is 2. The molecule has 0 aliphatic heterocycles. The Labute approximate surface area is 146 Å². The predicted molar refractivity (Wildman–Crippen MR) is 91.2 cm³/mol. The first-order valence-corrected chi connectivity index (χ1v) is 8.40. The minimum absolute atomic E-state index is 0.0350. The van der Waals surface area contributed by atoms with Gasteiger partial charge < -0.3 is 14.9 Å². The minimum Gasteiger partial charge on any atom is -0.396 e. The summed E-state index contributed by atoms with van der Waals surface area (Å²) in [5.74, 6) is 0.568. The lowest BCUT2D eigenvalue weighted by atomic mass is 10.0. The van der Waals surface area contributed by atoms with Gasteiger partial charge in [-0.3, -0.25) is 4.79 Å². The second-order valence-corrected chi connectivity index (χ2v) is 6.41. The summed E-state index contributed by atoms with van der Waals surface area (Å²) in [4.78, 5) is 16.3. The number of aliphatic hydroxyl groups excluding tert-OH is 1. The largest absolute Gasteiger partial charge is 0.396 e. The second kappa shape index (κ2) is 8.71. The molecule has 25 heavy (non-hydrogen) atoms. The summed E-state index contributed by atoms with van der Waals surface area (Å²) in [6.45, 7) is 5.69. The molecule has 1 atom stereocenters. The Hall–Kier alpha value is -2.28. The molecule has 0 bridgehead atoms. The van der Waals surface area contributed by atoms with Crippen molar-refractivity contribution in [2.75, 3.05) is 6.61 Å². The van der Waals surface area contributed by atoms with Crippen LogP contribution < -0.4 is 5.32 Å². The zero-order valence-corrected chi connectivity index (χ0v) is 14.8. The number of carbonyl (C=O) groups is 1. The molecule has 0 spiro atoms. The van der Waals surface area contributed by atoms with Gasteiger partial charge >= 0.3 is 0 Å². The van der Waals surface area contributed by atoms with Crippen LogP contribution in [-0.4, -0.2) is 33.8 Å². The molecule has 0 aliphatic rings. The lowest BCUT2D eigenvalue weighted by molar-refractivity contribution is -0.122. The van der Waals surface area contributed by atoms with Crippen LogP contribution in [0.1, 0.15) is 38.1 Å². The van der Waals surface area contributed by atoms with Crippen LogP contribution in [-0.2, 0) is 11.2 Å². The van der Waals surface area contributed by atoms with E-state index in [4.69, 9.17) is 9.63 Å². The molecule has 2 rings (SSSR count).